The Kier molecular flexibility index (Phi) is 4.73. The fourth-order valence-corrected chi connectivity index (χ4v) is 2.29. The minimum absolute atomic E-state index is 0.164. The third kappa shape index (κ3) is 3.35. The van der Waals surface area contributed by atoms with Crippen LogP contribution in [0.25, 0.3) is 0 Å². The zero-order valence-electron chi connectivity index (χ0n) is 10.8. The van der Waals surface area contributed by atoms with Crippen LogP contribution < -0.4 is 10.5 Å². The van der Waals surface area contributed by atoms with E-state index in [1.54, 1.807) is 6.92 Å². The molecule has 106 valence electrons. The van der Waals surface area contributed by atoms with Crippen molar-refractivity contribution in [3.8, 4) is 5.75 Å². The van der Waals surface area contributed by atoms with Gasteiger partial charge < -0.3 is 10.5 Å². The molecule has 0 bridgehead atoms. The van der Waals surface area contributed by atoms with Gasteiger partial charge in [0.2, 0.25) is 5.82 Å². The molecule has 0 aliphatic rings. The van der Waals surface area contributed by atoms with Crippen molar-refractivity contribution in [1.82, 2.24) is 0 Å². The predicted octanol–water partition coefficient (Wildman–Crippen LogP) is 4.19. The molecule has 0 radical (unpaired) electrons. The summed E-state index contributed by atoms with van der Waals surface area (Å²) in [7, 11) is 0. The standard InChI is InChI=1S/C15H14BrF2NO/c1-9(19)15(10-5-3-2-4-6-10)20-13-8-11(16)7-12(17)14(13)18/h2-9,15H,19H2,1H3. The third-order valence-electron chi connectivity index (χ3n) is 2.82. The van der Waals surface area contributed by atoms with Crippen LogP contribution in [0.15, 0.2) is 46.9 Å². The van der Waals surface area contributed by atoms with Crippen molar-refractivity contribution in [2.45, 2.75) is 19.1 Å². The van der Waals surface area contributed by atoms with Gasteiger partial charge in [-0.25, -0.2) is 4.39 Å². The SMILES string of the molecule is CC(N)C(Oc1cc(Br)cc(F)c1F)c1ccccc1. The first-order chi connectivity index (χ1) is 9.49. The third-order valence-corrected chi connectivity index (χ3v) is 3.28. The van der Waals surface area contributed by atoms with Crippen LogP contribution in [0.4, 0.5) is 8.78 Å². The number of hydrogen-bond donors (Lipinski definition) is 1. The number of halogens is 3. The second-order valence-corrected chi connectivity index (χ2v) is 5.42. The monoisotopic (exact) mass is 341 g/mol. The van der Waals surface area contributed by atoms with Gasteiger partial charge in [0.15, 0.2) is 11.6 Å². The van der Waals surface area contributed by atoms with E-state index >= 15 is 0 Å². The molecular weight excluding hydrogens is 328 g/mol. The molecule has 2 atom stereocenters. The molecule has 2 nitrogen and oxygen atoms in total. The van der Waals surface area contributed by atoms with Crippen molar-refractivity contribution in [1.29, 1.82) is 0 Å². The molecule has 20 heavy (non-hydrogen) atoms. The fourth-order valence-electron chi connectivity index (χ4n) is 1.88. The summed E-state index contributed by atoms with van der Waals surface area (Å²) in [5.41, 5.74) is 6.70. The molecule has 0 aromatic heterocycles. The Balaban J connectivity index is 2.35. The van der Waals surface area contributed by atoms with E-state index in [9.17, 15) is 8.78 Å². The molecule has 2 N–H and O–H groups in total. The summed E-state index contributed by atoms with van der Waals surface area (Å²) in [5.74, 6) is -2.15. The number of ether oxygens (including phenoxy) is 1. The molecule has 2 aromatic rings. The Hall–Kier alpha value is -1.46. The van der Waals surface area contributed by atoms with E-state index in [2.05, 4.69) is 15.9 Å². The summed E-state index contributed by atoms with van der Waals surface area (Å²) >= 11 is 3.11. The highest BCUT2D eigenvalue weighted by Gasteiger charge is 2.21. The van der Waals surface area contributed by atoms with E-state index in [0.29, 0.717) is 4.47 Å². The lowest BCUT2D eigenvalue weighted by molar-refractivity contribution is 0.170. The van der Waals surface area contributed by atoms with Gasteiger partial charge in [0.25, 0.3) is 0 Å². The lowest BCUT2D eigenvalue weighted by Gasteiger charge is -2.23. The molecular formula is C15H14BrF2NO. The number of hydrogen-bond acceptors (Lipinski definition) is 2. The topological polar surface area (TPSA) is 35.2 Å². The first-order valence-corrected chi connectivity index (χ1v) is 6.90. The summed E-state index contributed by atoms with van der Waals surface area (Å²) in [6, 6.07) is 11.3. The van der Waals surface area contributed by atoms with E-state index in [-0.39, 0.29) is 11.8 Å². The Bertz CT molecular complexity index is 590. The van der Waals surface area contributed by atoms with Crippen LogP contribution in [-0.2, 0) is 0 Å². The Labute approximate surface area is 124 Å². The van der Waals surface area contributed by atoms with Crippen molar-refractivity contribution < 1.29 is 13.5 Å². The number of nitrogens with two attached hydrogens (primary N) is 1. The van der Waals surface area contributed by atoms with Crippen LogP contribution in [0.2, 0.25) is 0 Å². The van der Waals surface area contributed by atoms with Crippen LogP contribution in [0, 0.1) is 11.6 Å². The highest BCUT2D eigenvalue weighted by atomic mass is 79.9. The van der Waals surface area contributed by atoms with Gasteiger partial charge in [0, 0.05) is 10.5 Å². The summed E-state index contributed by atoms with van der Waals surface area (Å²) in [5, 5.41) is 0. The van der Waals surface area contributed by atoms with Crippen LogP contribution in [0.3, 0.4) is 0 Å². The second-order valence-electron chi connectivity index (χ2n) is 4.51. The van der Waals surface area contributed by atoms with Gasteiger partial charge in [-0.1, -0.05) is 46.3 Å². The zero-order valence-corrected chi connectivity index (χ0v) is 12.4. The van der Waals surface area contributed by atoms with E-state index in [0.717, 1.165) is 11.6 Å². The molecule has 0 spiro atoms. The van der Waals surface area contributed by atoms with Crippen molar-refractivity contribution in [3.63, 3.8) is 0 Å². The van der Waals surface area contributed by atoms with Crippen molar-refractivity contribution >= 4 is 15.9 Å². The summed E-state index contributed by atoms with van der Waals surface area (Å²) in [4.78, 5) is 0. The first-order valence-electron chi connectivity index (χ1n) is 6.10. The Morgan fingerprint density at radius 1 is 1.15 bits per heavy atom. The van der Waals surface area contributed by atoms with E-state index in [4.69, 9.17) is 10.5 Å². The zero-order chi connectivity index (χ0) is 14.7. The number of rotatable bonds is 4. The fraction of sp³-hybridized carbons (Fsp3) is 0.200. The molecule has 0 heterocycles. The second kappa shape index (κ2) is 6.33. The molecule has 2 unspecified atom stereocenters. The molecule has 2 rings (SSSR count). The minimum atomic E-state index is -1.02. The van der Waals surface area contributed by atoms with Crippen molar-refractivity contribution in [3.05, 3.63) is 64.1 Å². The van der Waals surface area contributed by atoms with Gasteiger partial charge in [-0.05, 0) is 24.6 Å². The summed E-state index contributed by atoms with van der Waals surface area (Å²) in [6.45, 7) is 1.75. The highest BCUT2D eigenvalue weighted by molar-refractivity contribution is 9.10. The van der Waals surface area contributed by atoms with Crippen LogP contribution in [0.1, 0.15) is 18.6 Å². The minimum Gasteiger partial charge on any atom is -0.481 e. The highest BCUT2D eigenvalue weighted by Crippen LogP contribution is 2.30. The lowest BCUT2D eigenvalue weighted by Crippen LogP contribution is -2.29. The number of benzene rings is 2. The average molecular weight is 342 g/mol. The normalized spacial score (nSPS) is 13.8. The van der Waals surface area contributed by atoms with Crippen molar-refractivity contribution in [2.24, 2.45) is 5.73 Å². The Morgan fingerprint density at radius 2 is 1.80 bits per heavy atom. The lowest BCUT2D eigenvalue weighted by atomic mass is 10.0. The maximum atomic E-state index is 13.8. The van der Waals surface area contributed by atoms with Crippen LogP contribution >= 0.6 is 15.9 Å². The smallest absolute Gasteiger partial charge is 0.200 e. The van der Waals surface area contributed by atoms with Gasteiger partial charge in [-0.3, -0.25) is 0 Å². The molecule has 0 aliphatic heterocycles. The van der Waals surface area contributed by atoms with Gasteiger partial charge in [0.1, 0.15) is 6.10 Å². The summed E-state index contributed by atoms with van der Waals surface area (Å²) < 4.78 is 33.1. The molecule has 2 aromatic carbocycles. The molecule has 0 fully saturated rings. The van der Waals surface area contributed by atoms with Gasteiger partial charge in [0.05, 0.1) is 0 Å². The van der Waals surface area contributed by atoms with E-state index in [1.165, 1.54) is 6.07 Å². The maximum Gasteiger partial charge on any atom is 0.200 e. The quantitative estimate of drug-likeness (QED) is 0.846. The van der Waals surface area contributed by atoms with Gasteiger partial charge in [-0.2, -0.15) is 4.39 Å². The molecule has 5 heteroatoms. The largest absolute Gasteiger partial charge is 0.481 e. The average Bonchev–Trinajstić information content (AvgIpc) is 2.41. The van der Waals surface area contributed by atoms with Crippen LogP contribution in [-0.4, -0.2) is 6.04 Å². The van der Waals surface area contributed by atoms with Crippen molar-refractivity contribution in [2.75, 3.05) is 0 Å². The van der Waals surface area contributed by atoms with Crippen LogP contribution in [0.5, 0.6) is 5.75 Å². The molecule has 0 saturated heterocycles. The predicted molar refractivity (Wildman–Crippen MR) is 77.5 cm³/mol. The maximum absolute atomic E-state index is 13.8. The first kappa shape index (κ1) is 14.9. The molecule has 0 aliphatic carbocycles. The Morgan fingerprint density at radius 3 is 2.40 bits per heavy atom. The van der Waals surface area contributed by atoms with Gasteiger partial charge in [-0.15, -0.1) is 0 Å². The molecule has 0 amide bonds. The molecule has 0 saturated carbocycles. The van der Waals surface area contributed by atoms with Gasteiger partial charge >= 0.3 is 0 Å². The van der Waals surface area contributed by atoms with E-state index in [1.807, 2.05) is 30.3 Å². The summed E-state index contributed by atoms with van der Waals surface area (Å²) in [6.07, 6.45) is -0.556. The van der Waals surface area contributed by atoms with E-state index < -0.39 is 17.7 Å².